The average molecular weight is 330 g/mol. The average Bonchev–Trinajstić information content (AvgIpc) is 2.54. The molecule has 0 atom stereocenters. The van der Waals surface area contributed by atoms with Crippen LogP contribution in [0.15, 0.2) is 30.0 Å². The van der Waals surface area contributed by atoms with Gasteiger partial charge in [0.05, 0.1) is 6.61 Å². The van der Waals surface area contributed by atoms with Crippen LogP contribution in [-0.4, -0.2) is 36.6 Å². The van der Waals surface area contributed by atoms with E-state index in [0.29, 0.717) is 5.69 Å². The van der Waals surface area contributed by atoms with Crippen molar-refractivity contribution < 1.29 is 14.3 Å². The van der Waals surface area contributed by atoms with E-state index in [0.717, 1.165) is 22.2 Å². The van der Waals surface area contributed by atoms with E-state index in [1.807, 2.05) is 26.0 Å². The highest BCUT2D eigenvalue weighted by molar-refractivity contribution is 6.07. The molecule has 0 saturated heterocycles. The molecule has 0 radical (unpaired) electrons. The predicted molar refractivity (Wildman–Crippen MR) is 91.0 cm³/mol. The van der Waals surface area contributed by atoms with Crippen molar-refractivity contribution in [2.45, 2.75) is 20.8 Å². The number of amides is 2. The monoisotopic (exact) mass is 330 g/mol. The smallest absolute Gasteiger partial charge is 0.413 e. The van der Waals surface area contributed by atoms with Gasteiger partial charge in [-0.3, -0.25) is 9.69 Å². The first kappa shape index (κ1) is 19.2. The van der Waals surface area contributed by atoms with Crippen LogP contribution in [0.5, 0.6) is 0 Å². The van der Waals surface area contributed by atoms with Gasteiger partial charge in [0.1, 0.15) is 11.6 Å². The van der Waals surface area contributed by atoms with Gasteiger partial charge in [0, 0.05) is 25.0 Å². The normalized spacial score (nSPS) is 10.7. The first-order valence-electron chi connectivity index (χ1n) is 7.56. The quantitative estimate of drug-likeness (QED) is 0.613. The summed E-state index contributed by atoms with van der Waals surface area (Å²) in [5, 5.41) is 11.9. The van der Waals surface area contributed by atoms with Gasteiger partial charge in [0.25, 0.3) is 5.91 Å². The van der Waals surface area contributed by atoms with Gasteiger partial charge in [-0.25, -0.2) is 4.79 Å². The van der Waals surface area contributed by atoms with Crippen molar-refractivity contribution in [3.8, 4) is 6.07 Å². The van der Waals surface area contributed by atoms with E-state index in [9.17, 15) is 14.9 Å². The Morgan fingerprint density at radius 1 is 1.42 bits per heavy atom. The molecule has 0 aromatic heterocycles. The van der Waals surface area contributed by atoms with Gasteiger partial charge in [0.2, 0.25) is 0 Å². The molecule has 0 aliphatic heterocycles. The number of carbonyl (C=O) groups excluding carboxylic acids is 2. The van der Waals surface area contributed by atoms with Crippen molar-refractivity contribution in [1.29, 1.82) is 5.26 Å². The highest BCUT2D eigenvalue weighted by atomic mass is 16.6. The van der Waals surface area contributed by atoms with Crippen molar-refractivity contribution in [2.24, 2.45) is 5.73 Å². The first-order valence-corrected chi connectivity index (χ1v) is 7.56. The number of nitrogens with zero attached hydrogens (tertiary/aromatic N) is 2. The van der Waals surface area contributed by atoms with Crippen LogP contribution in [0.2, 0.25) is 0 Å². The fourth-order valence-electron chi connectivity index (χ4n) is 1.99. The summed E-state index contributed by atoms with van der Waals surface area (Å²) >= 11 is 0. The molecule has 24 heavy (non-hydrogen) atoms. The summed E-state index contributed by atoms with van der Waals surface area (Å²) in [5.41, 5.74) is 7.79. The van der Waals surface area contributed by atoms with Gasteiger partial charge >= 0.3 is 6.09 Å². The SMILES string of the molecule is CCOC(=O)N(/C=C(/C#N)C(=O)Nc1ccc(C)cc1C)CCN. The zero-order valence-electron chi connectivity index (χ0n) is 14.1. The molecule has 0 bridgehead atoms. The third-order valence-corrected chi connectivity index (χ3v) is 3.15. The summed E-state index contributed by atoms with van der Waals surface area (Å²) in [7, 11) is 0. The summed E-state index contributed by atoms with van der Waals surface area (Å²) in [6, 6.07) is 7.34. The van der Waals surface area contributed by atoms with Crippen molar-refractivity contribution in [1.82, 2.24) is 4.90 Å². The Morgan fingerprint density at radius 3 is 2.67 bits per heavy atom. The Bertz CT molecular complexity index is 677. The van der Waals surface area contributed by atoms with Crippen LogP contribution in [-0.2, 0) is 9.53 Å². The summed E-state index contributed by atoms with van der Waals surface area (Å²) in [5.74, 6) is -0.601. The Kier molecular flexibility index (Phi) is 7.46. The second-order valence-corrected chi connectivity index (χ2v) is 5.11. The van der Waals surface area contributed by atoms with Gasteiger partial charge in [-0.1, -0.05) is 17.7 Å². The van der Waals surface area contributed by atoms with E-state index in [1.165, 1.54) is 0 Å². The summed E-state index contributed by atoms with van der Waals surface area (Å²) in [6.45, 7) is 5.97. The predicted octanol–water partition coefficient (Wildman–Crippen LogP) is 2.07. The zero-order valence-corrected chi connectivity index (χ0v) is 14.1. The van der Waals surface area contributed by atoms with E-state index in [-0.39, 0.29) is 25.3 Å². The molecule has 1 aromatic carbocycles. The number of nitriles is 1. The van der Waals surface area contributed by atoms with Gasteiger partial charge in [-0.2, -0.15) is 5.26 Å². The maximum absolute atomic E-state index is 12.3. The van der Waals surface area contributed by atoms with Gasteiger partial charge in [0.15, 0.2) is 0 Å². The molecule has 0 saturated carbocycles. The molecule has 0 aliphatic rings. The molecule has 0 heterocycles. The maximum Gasteiger partial charge on any atom is 0.413 e. The number of nitrogens with one attached hydrogen (secondary N) is 1. The van der Waals surface area contributed by atoms with Crippen LogP contribution in [0.25, 0.3) is 0 Å². The minimum atomic E-state index is -0.657. The Balaban J connectivity index is 2.98. The molecule has 1 aromatic rings. The molecule has 0 unspecified atom stereocenters. The van der Waals surface area contributed by atoms with Crippen molar-refractivity contribution in [3.63, 3.8) is 0 Å². The van der Waals surface area contributed by atoms with Crippen LogP contribution in [0, 0.1) is 25.2 Å². The summed E-state index contributed by atoms with van der Waals surface area (Å²) in [4.78, 5) is 25.2. The molecule has 7 nitrogen and oxygen atoms in total. The number of rotatable bonds is 6. The molecular formula is C17H22N4O3. The molecule has 128 valence electrons. The Labute approximate surface area is 141 Å². The fourth-order valence-corrected chi connectivity index (χ4v) is 1.99. The van der Waals surface area contributed by atoms with Crippen LogP contribution >= 0.6 is 0 Å². The number of anilines is 1. The molecule has 2 amide bonds. The largest absolute Gasteiger partial charge is 0.449 e. The number of nitrogens with two attached hydrogens (primary N) is 1. The van der Waals surface area contributed by atoms with Gasteiger partial charge in [-0.05, 0) is 32.4 Å². The topological polar surface area (TPSA) is 108 Å². The summed E-state index contributed by atoms with van der Waals surface area (Å²) in [6.07, 6.45) is 0.499. The van der Waals surface area contributed by atoms with Crippen LogP contribution < -0.4 is 11.1 Å². The number of carbonyl (C=O) groups is 2. The highest BCUT2D eigenvalue weighted by Gasteiger charge is 2.17. The number of aryl methyl sites for hydroxylation is 2. The number of hydrogen-bond donors (Lipinski definition) is 2. The third kappa shape index (κ3) is 5.41. The van der Waals surface area contributed by atoms with E-state index in [4.69, 9.17) is 10.5 Å². The van der Waals surface area contributed by atoms with Gasteiger partial charge < -0.3 is 15.8 Å². The fraction of sp³-hybridized carbons (Fsp3) is 0.353. The van der Waals surface area contributed by atoms with E-state index < -0.39 is 12.0 Å². The number of hydrogen-bond acceptors (Lipinski definition) is 5. The minimum Gasteiger partial charge on any atom is -0.449 e. The second kappa shape index (κ2) is 9.33. The lowest BCUT2D eigenvalue weighted by Crippen LogP contribution is -2.32. The molecule has 0 spiro atoms. The minimum absolute atomic E-state index is 0.140. The lowest BCUT2D eigenvalue weighted by Gasteiger charge is -2.17. The lowest BCUT2D eigenvalue weighted by molar-refractivity contribution is -0.112. The third-order valence-electron chi connectivity index (χ3n) is 3.15. The van der Waals surface area contributed by atoms with Crippen LogP contribution in [0.1, 0.15) is 18.1 Å². The standard InChI is InChI=1S/C17H22N4O3/c1-4-24-17(23)21(8-7-18)11-14(10-19)16(22)20-15-6-5-12(2)9-13(15)3/h5-6,9,11H,4,7-8,18H2,1-3H3,(H,20,22)/b14-11-. The summed E-state index contributed by atoms with van der Waals surface area (Å²) < 4.78 is 4.88. The Morgan fingerprint density at radius 2 is 2.12 bits per heavy atom. The van der Waals surface area contributed by atoms with E-state index in [1.54, 1.807) is 19.1 Å². The molecule has 3 N–H and O–H groups in total. The maximum atomic E-state index is 12.3. The highest BCUT2D eigenvalue weighted by Crippen LogP contribution is 2.17. The van der Waals surface area contributed by atoms with Crippen molar-refractivity contribution >= 4 is 17.7 Å². The molecule has 7 heteroatoms. The molecule has 1 rings (SSSR count). The zero-order chi connectivity index (χ0) is 18.1. The molecule has 0 aliphatic carbocycles. The Hall–Kier alpha value is -2.85. The van der Waals surface area contributed by atoms with Crippen molar-refractivity contribution in [3.05, 3.63) is 41.1 Å². The van der Waals surface area contributed by atoms with E-state index in [2.05, 4.69) is 5.32 Å². The first-order chi connectivity index (χ1) is 11.4. The number of ether oxygens (including phenoxy) is 1. The molecule has 0 fully saturated rings. The number of benzene rings is 1. The van der Waals surface area contributed by atoms with Gasteiger partial charge in [-0.15, -0.1) is 0 Å². The lowest BCUT2D eigenvalue weighted by atomic mass is 10.1. The molecular weight excluding hydrogens is 308 g/mol. The van der Waals surface area contributed by atoms with E-state index >= 15 is 0 Å². The van der Waals surface area contributed by atoms with Crippen molar-refractivity contribution in [2.75, 3.05) is 25.0 Å². The van der Waals surface area contributed by atoms with Crippen LogP contribution in [0.3, 0.4) is 0 Å². The second-order valence-electron chi connectivity index (χ2n) is 5.11. The van der Waals surface area contributed by atoms with Crippen LogP contribution in [0.4, 0.5) is 10.5 Å².